The molecule has 2 rings (SSSR count). The number of carbonyl (C=O) groups excluding carboxylic acids is 1. The monoisotopic (exact) mass is 348 g/mol. The molecule has 0 spiro atoms. The van der Waals surface area contributed by atoms with E-state index in [0.717, 1.165) is 18.2 Å². The fourth-order valence-electron chi connectivity index (χ4n) is 2.10. The molecule has 8 heteroatoms. The summed E-state index contributed by atoms with van der Waals surface area (Å²) in [5.41, 5.74) is -0.205. The van der Waals surface area contributed by atoms with Crippen LogP contribution in [0, 0.1) is 21.7 Å². The lowest BCUT2D eigenvalue weighted by Gasteiger charge is -2.13. The zero-order valence-corrected chi connectivity index (χ0v) is 12.9. The summed E-state index contributed by atoms with van der Waals surface area (Å²) in [5, 5.41) is 22.8. The van der Waals surface area contributed by atoms with Gasteiger partial charge in [-0.25, -0.2) is 8.78 Å². The Hall–Kier alpha value is -3.13. The Morgan fingerprint density at radius 1 is 1.24 bits per heavy atom. The van der Waals surface area contributed by atoms with Crippen molar-refractivity contribution in [3.8, 4) is 0 Å². The summed E-state index contributed by atoms with van der Waals surface area (Å²) in [6.45, 7) is -0.393. The summed E-state index contributed by atoms with van der Waals surface area (Å²) in [5.74, 6) is -2.44. The van der Waals surface area contributed by atoms with E-state index >= 15 is 0 Å². The molecule has 1 amide bonds. The van der Waals surface area contributed by atoms with E-state index in [1.54, 1.807) is 6.07 Å². The third kappa shape index (κ3) is 4.92. The molecule has 1 unspecified atom stereocenters. The van der Waals surface area contributed by atoms with Gasteiger partial charge in [0.15, 0.2) is 0 Å². The van der Waals surface area contributed by atoms with E-state index in [4.69, 9.17) is 0 Å². The van der Waals surface area contributed by atoms with Gasteiger partial charge in [0.05, 0.1) is 10.5 Å². The highest BCUT2D eigenvalue weighted by atomic mass is 19.1. The molecule has 0 heterocycles. The number of nitro benzene ring substituents is 1. The topological polar surface area (TPSA) is 92.5 Å². The maximum Gasteiger partial charge on any atom is 0.270 e. The minimum absolute atomic E-state index is 0.118. The van der Waals surface area contributed by atoms with Gasteiger partial charge in [-0.3, -0.25) is 14.9 Å². The minimum Gasteiger partial charge on any atom is -0.386 e. The van der Waals surface area contributed by atoms with Gasteiger partial charge in [0, 0.05) is 24.8 Å². The van der Waals surface area contributed by atoms with E-state index < -0.39 is 40.7 Å². The molecule has 0 bridgehead atoms. The fourth-order valence-corrected chi connectivity index (χ4v) is 2.10. The lowest BCUT2D eigenvalue weighted by Crippen LogP contribution is -2.27. The Balaban J connectivity index is 1.96. The number of aliphatic hydroxyl groups is 1. The standard InChI is InChI=1S/C17H14F2N2O4/c18-13-5-2-6-14(19)17(13)15(22)10-20-16(23)8-7-11-3-1-4-12(9-11)21(24)25/h1-9,15,22H,10H2,(H,20,23)/b8-7+. The van der Waals surface area contributed by atoms with Gasteiger partial charge in [0.1, 0.15) is 17.7 Å². The van der Waals surface area contributed by atoms with Gasteiger partial charge < -0.3 is 10.4 Å². The van der Waals surface area contributed by atoms with Crippen molar-refractivity contribution in [2.45, 2.75) is 6.10 Å². The van der Waals surface area contributed by atoms with E-state index in [-0.39, 0.29) is 5.69 Å². The Kier molecular flexibility index (Phi) is 5.91. The summed E-state index contributed by atoms with van der Waals surface area (Å²) < 4.78 is 27.0. The summed E-state index contributed by atoms with van der Waals surface area (Å²) in [4.78, 5) is 21.8. The van der Waals surface area contributed by atoms with E-state index in [0.29, 0.717) is 5.56 Å². The molecule has 130 valence electrons. The van der Waals surface area contributed by atoms with Crippen molar-refractivity contribution in [1.29, 1.82) is 0 Å². The molecule has 0 fully saturated rings. The molecule has 0 aliphatic carbocycles. The number of non-ortho nitro benzene ring substituents is 1. The van der Waals surface area contributed by atoms with Crippen LogP contribution in [0.4, 0.5) is 14.5 Å². The molecule has 0 aliphatic rings. The van der Waals surface area contributed by atoms with Gasteiger partial charge in [0.25, 0.3) is 5.69 Å². The second-order valence-electron chi connectivity index (χ2n) is 5.08. The van der Waals surface area contributed by atoms with E-state index in [9.17, 15) is 28.8 Å². The van der Waals surface area contributed by atoms with Crippen LogP contribution in [0.1, 0.15) is 17.2 Å². The molecule has 0 saturated carbocycles. The summed E-state index contributed by atoms with van der Waals surface area (Å²) in [6, 6.07) is 8.82. The highest BCUT2D eigenvalue weighted by molar-refractivity contribution is 5.91. The molecular formula is C17H14F2N2O4. The van der Waals surface area contributed by atoms with Crippen LogP contribution in [0.2, 0.25) is 0 Å². The largest absolute Gasteiger partial charge is 0.386 e. The Morgan fingerprint density at radius 3 is 2.52 bits per heavy atom. The first-order chi connectivity index (χ1) is 11.9. The van der Waals surface area contributed by atoms with Gasteiger partial charge in [0.2, 0.25) is 5.91 Å². The summed E-state index contributed by atoms with van der Waals surface area (Å²) in [7, 11) is 0. The minimum atomic E-state index is -1.55. The van der Waals surface area contributed by atoms with Crippen molar-refractivity contribution in [3.63, 3.8) is 0 Å². The van der Waals surface area contributed by atoms with Crippen LogP contribution < -0.4 is 5.32 Å². The maximum atomic E-state index is 13.5. The molecule has 2 aromatic carbocycles. The number of benzene rings is 2. The van der Waals surface area contributed by atoms with Crippen LogP contribution in [0.25, 0.3) is 6.08 Å². The number of carbonyl (C=O) groups is 1. The van der Waals surface area contributed by atoms with E-state index in [1.165, 1.54) is 30.3 Å². The average Bonchev–Trinajstić information content (AvgIpc) is 2.58. The van der Waals surface area contributed by atoms with Gasteiger partial charge in [-0.1, -0.05) is 18.2 Å². The highest BCUT2D eigenvalue weighted by Crippen LogP contribution is 2.20. The zero-order valence-electron chi connectivity index (χ0n) is 12.9. The lowest BCUT2D eigenvalue weighted by atomic mass is 10.1. The van der Waals surface area contributed by atoms with Crippen molar-refractivity contribution < 1.29 is 23.6 Å². The molecule has 0 saturated heterocycles. The Labute approximate surface area is 141 Å². The first kappa shape index (κ1) is 18.2. The van der Waals surface area contributed by atoms with Crippen molar-refractivity contribution in [2.24, 2.45) is 0 Å². The van der Waals surface area contributed by atoms with Gasteiger partial charge in [-0.2, -0.15) is 0 Å². The first-order valence-corrected chi connectivity index (χ1v) is 7.21. The van der Waals surface area contributed by atoms with Crippen LogP contribution in [-0.4, -0.2) is 22.5 Å². The number of halogens is 2. The molecule has 6 nitrogen and oxygen atoms in total. The number of nitrogens with one attached hydrogen (secondary N) is 1. The number of aliphatic hydroxyl groups excluding tert-OH is 1. The Bertz CT molecular complexity index is 804. The molecule has 0 radical (unpaired) electrons. The van der Waals surface area contributed by atoms with Gasteiger partial charge in [-0.15, -0.1) is 0 Å². The Morgan fingerprint density at radius 2 is 1.88 bits per heavy atom. The normalized spacial score (nSPS) is 12.1. The highest BCUT2D eigenvalue weighted by Gasteiger charge is 2.17. The number of nitro groups is 1. The summed E-state index contributed by atoms with van der Waals surface area (Å²) in [6.07, 6.45) is 0.901. The van der Waals surface area contributed by atoms with Crippen LogP contribution in [0.15, 0.2) is 48.5 Å². The third-order valence-corrected chi connectivity index (χ3v) is 3.31. The summed E-state index contributed by atoms with van der Waals surface area (Å²) >= 11 is 0. The number of nitrogens with zero attached hydrogens (tertiary/aromatic N) is 1. The first-order valence-electron chi connectivity index (χ1n) is 7.21. The van der Waals surface area contributed by atoms with Crippen LogP contribution in [-0.2, 0) is 4.79 Å². The molecule has 2 aromatic rings. The van der Waals surface area contributed by atoms with Crippen molar-refractivity contribution in [1.82, 2.24) is 5.32 Å². The van der Waals surface area contributed by atoms with Gasteiger partial charge in [-0.05, 0) is 23.8 Å². The molecule has 25 heavy (non-hydrogen) atoms. The van der Waals surface area contributed by atoms with Crippen LogP contribution >= 0.6 is 0 Å². The second kappa shape index (κ2) is 8.11. The SMILES string of the molecule is O=C(/C=C/c1cccc([N+](=O)[O-])c1)NCC(O)c1c(F)cccc1F. The molecule has 2 N–H and O–H groups in total. The number of hydrogen-bond donors (Lipinski definition) is 2. The van der Waals surface area contributed by atoms with E-state index in [1.807, 2.05) is 0 Å². The van der Waals surface area contributed by atoms with Gasteiger partial charge >= 0.3 is 0 Å². The third-order valence-electron chi connectivity index (χ3n) is 3.31. The predicted octanol–water partition coefficient (Wildman–Crippen LogP) is 2.74. The number of rotatable bonds is 6. The van der Waals surface area contributed by atoms with Crippen LogP contribution in [0.3, 0.4) is 0 Å². The second-order valence-corrected chi connectivity index (χ2v) is 5.08. The quantitative estimate of drug-likeness (QED) is 0.477. The number of amides is 1. The van der Waals surface area contributed by atoms with E-state index in [2.05, 4.69) is 5.32 Å². The van der Waals surface area contributed by atoms with Crippen molar-refractivity contribution in [2.75, 3.05) is 6.54 Å². The lowest BCUT2D eigenvalue weighted by molar-refractivity contribution is -0.384. The van der Waals surface area contributed by atoms with Crippen molar-refractivity contribution in [3.05, 3.63) is 81.4 Å². The molecular weight excluding hydrogens is 334 g/mol. The van der Waals surface area contributed by atoms with Crippen LogP contribution in [0.5, 0.6) is 0 Å². The predicted molar refractivity (Wildman–Crippen MR) is 86.5 cm³/mol. The molecule has 1 atom stereocenters. The smallest absolute Gasteiger partial charge is 0.270 e. The number of hydrogen-bond acceptors (Lipinski definition) is 4. The average molecular weight is 348 g/mol. The maximum absolute atomic E-state index is 13.5. The molecule has 0 aromatic heterocycles. The fraction of sp³-hybridized carbons (Fsp3) is 0.118. The molecule has 0 aliphatic heterocycles. The van der Waals surface area contributed by atoms with Crippen molar-refractivity contribution >= 4 is 17.7 Å². The zero-order chi connectivity index (χ0) is 18.4.